The van der Waals surface area contributed by atoms with Gasteiger partial charge in [-0.2, -0.15) is 0 Å². The zero-order valence-electron chi connectivity index (χ0n) is 9.05. The first kappa shape index (κ1) is 14.9. The van der Waals surface area contributed by atoms with Crippen LogP contribution in [-0.4, -0.2) is 24.2 Å². The second-order valence-electron chi connectivity index (χ2n) is 3.26. The van der Waals surface area contributed by atoms with Gasteiger partial charge in [-0.05, 0) is 17.5 Å². The minimum absolute atomic E-state index is 0. The Hall–Kier alpha value is -1.10. The van der Waals surface area contributed by atoms with Crippen molar-refractivity contribution in [3.05, 3.63) is 35.4 Å². The van der Waals surface area contributed by atoms with Crippen molar-refractivity contribution < 1.29 is 14.6 Å². The smallest absolute Gasteiger partial charge is 0.322 e. The number of carbonyl (C=O) groups is 1. The molecule has 0 aromatic heterocycles. The summed E-state index contributed by atoms with van der Waals surface area (Å²) in [6.07, 6.45) is 0.378. The van der Waals surface area contributed by atoms with E-state index in [-0.39, 0.29) is 19.0 Å². The molecule has 3 N–H and O–H groups in total. The fourth-order valence-electron chi connectivity index (χ4n) is 1.38. The van der Waals surface area contributed by atoms with E-state index in [9.17, 15) is 4.79 Å². The number of benzene rings is 1. The Morgan fingerprint density at radius 3 is 2.50 bits per heavy atom. The highest BCUT2D eigenvalue weighted by Crippen LogP contribution is 2.10. The third-order valence-electron chi connectivity index (χ3n) is 2.23. The molecule has 0 fully saturated rings. The zero-order chi connectivity index (χ0) is 11.3. The van der Waals surface area contributed by atoms with Gasteiger partial charge >= 0.3 is 5.97 Å². The van der Waals surface area contributed by atoms with Crippen LogP contribution in [0.25, 0.3) is 0 Å². The van der Waals surface area contributed by atoms with Crippen LogP contribution in [0.5, 0.6) is 0 Å². The summed E-state index contributed by atoms with van der Waals surface area (Å²) in [4.78, 5) is 11.1. The number of hydrogen-bond acceptors (Lipinski definition) is 4. The predicted molar refractivity (Wildman–Crippen MR) is 63.3 cm³/mol. The number of ether oxygens (including phenoxy) is 1. The Bertz CT molecular complexity index is 344. The van der Waals surface area contributed by atoms with Crippen molar-refractivity contribution in [3.8, 4) is 0 Å². The largest absolute Gasteiger partial charge is 0.468 e. The average Bonchev–Trinajstić information content (AvgIpc) is 2.28. The van der Waals surface area contributed by atoms with Crippen molar-refractivity contribution in [1.82, 2.24) is 0 Å². The van der Waals surface area contributed by atoms with E-state index >= 15 is 0 Å². The molecule has 0 aliphatic heterocycles. The van der Waals surface area contributed by atoms with Gasteiger partial charge in [-0.1, -0.05) is 24.3 Å². The number of aliphatic hydroxyl groups excluding tert-OH is 1. The number of aliphatic hydroxyl groups is 1. The summed E-state index contributed by atoms with van der Waals surface area (Å²) in [6.45, 7) is -0.0515. The first-order chi connectivity index (χ1) is 7.19. The topological polar surface area (TPSA) is 72.5 Å². The Labute approximate surface area is 101 Å². The van der Waals surface area contributed by atoms with Crippen molar-refractivity contribution in [3.63, 3.8) is 0 Å². The maximum absolute atomic E-state index is 11.1. The van der Waals surface area contributed by atoms with Crippen molar-refractivity contribution in [2.24, 2.45) is 5.73 Å². The number of nitrogens with two attached hydrogens (primary N) is 1. The number of carbonyl (C=O) groups excluding carboxylic acids is 1. The fraction of sp³-hybridized carbons (Fsp3) is 0.364. The average molecular weight is 246 g/mol. The summed E-state index contributed by atoms with van der Waals surface area (Å²) in [5.41, 5.74) is 7.29. The van der Waals surface area contributed by atoms with E-state index in [1.54, 1.807) is 6.07 Å². The number of methoxy groups -OCH3 is 1. The number of hydrogen-bond donors (Lipinski definition) is 2. The first-order valence-electron chi connectivity index (χ1n) is 4.70. The molecule has 90 valence electrons. The first-order valence-corrected chi connectivity index (χ1v) is 4.70. The molecule has 0 amide bonds. The van der Waals surface area contributed by atoms with Crippen LogP contribution in [0.1, 0.15) is 11.1 Å². The van der Waals surface area contributed by atoms with E-state index < -0.39 is 12.0 Å². The quantitative estimate of drug-likeness (QED) is 0.764. The van der Waals surface area contributed by atoms with Gasteiger partial charge in [-0.25, -0.2) is 0 Å². The van der Waals surface area contributed by atoms with Crippen LogP contribution < -0.4 is 5.73 Å². The molecule has 0 aliphatic rings. The Morgan fingerprint density at radius 1 is 1.44 bits per heavy atom. The molecular formula is C11H16ClNO3. The van der Waals surface area contributed by atoms with E-state index in [0.29, 0.717) is 6.42 Å². The highest BCUT2D eigenvalue weighted by Gasteiger charge is 2.15. The van der Waals surface area contributed by atoms with Crippen molar-refractivity contribution in [2.75, 3.05) is 7.11 Å². The lowest BCUT2D eigenvalue weighted by Crippen LogP contribution is -2.33. The number of rotatable bonds is 4. The monoisotopic (exact) mass is 245 g/mol. The van der Waals surface area contributed by atoms with Crippen molar-refractivity contribution >= 4 is 18.4 Å². The summed E-state index contributed by atoms with van der Waals surface area (Å²) in [6, 6.07) is 6.65. The van der Waals surface area contributed by atoms with Crippen molar-refractivity contribution in [2.45, 2.75) is 19.1 Å². The third kappa shape index (κ3) is 3.81. The van der Waals surface area contributed by atoms with Crippen LogP contribution in [0.4, 0.5) is 0 Å². The maximum atomic E-state index is 11.1. The standard InChI is InChI=1S/C11H15NO3.ClH/c1-15-11(14)10(12)6-8-4-2-3-5-9(8)7-13;/h2-5,10,13H,6-7,12H2,1H3;1H. The molecule has 1 aromatic carbocycles. The number of halogens is 1. The van der Waals surface area contributed by atoms with Gasteiger partial charge in [0.15, 0.2) is 0 Å². The summed E-state index contributed by atoms with van der Waals surface area (Å²) < 4.78 is 4.53. The number of esters is 1. The van der Waals surface area contributed by atoms with E-state index in [1.165, 1.54) is 7.11 Å². The molecule has 0 spiro atoms. The molecule has 0 saturated carbocycles. The Kier molecular flexibility index (Phi) is 6.72. The molecular weight excluding hydrogens is 230 g/mol. The van der Waals surface area contributed by atoms with Crippen LogP contribution in [-0.2, 0) is 22.6 Å². The van der Waals surface area contributed by atoms with E-state index in [4.69, 9.17) is 10.8 Å². The predicted octanol–water partition coefficient (Wildman–Crippen LogP) is 0.643. The molecule has 1 unspecified atom stereocenters. The fourth-order valence-corrected chi connectivity index (χ4v) is 1.38. The molecule has 1 atom stereocenters. The normalized spacial score (nSPS) is 11.4. The van der Waals surface area contributed by atoms with Gasteiger partial charge in [0.05, 0.1) is 13.7 Å². The van der Waals surface area contributed by atoms with Gasteiger partial charge in [-0.15, -0.1) is 12.4 Å². The molecule has 5 heteroatoms. The third-order valence-corrected chi connectivity index (χ3v) is 2.23. The lowest BCUT2D eigenvalue weighted by atomic mass is 10.0. The van der Waals surface area contributed by atoms with Gasteiger partial charge in [0.1, 0.15) is 6.04 Å². The lowest BCUT2D eigenvalue weighted by molar-refractivity contribution is -0.142. The summed E-state index contributed by atoms with van der Waals surface area (Å²) in [5.74, 6) is -0.442. The van der Waals surface area contributed by atoms with Crippen LogP contribution in [0, 0.1) is 0 Å². The maximum Gasteiger partial charge on any atom is 0.322 e. The second kappa shape index (κ2) is 7.22. The summed E-state index contributed by atoms with van der Waals surface area (Å²) in [7, 11) is 1.31. The van der Waals surface area contributed by atoms with Crippen LogP contribution in [0.2, 0.25) is 0 Å². The molecule has 4 nitrogen and oxygen atoms in total. The highest BCUT2D eigenvalue weighted by molar-refractivity contribution is 5.85. The summed E-state index contributed by atoms with van der Waals surface area (Å²) in [5, 5.41) is 9.07. The van der Waals surface area contributed by atoms with E-state index in [1.807, 2.05) is 18.2 Å². The Balaban J connectivity index is 0.00000225. The minimum Gasteiger partial charge on any atom is -0.468 e. The lowest BCUT2D eigenvalue weighted by Gasteiger charge is -2.11. The van der Waals surface area contributed by atoms with E-state index in [0.717, 1.165) is 11.1 Å². The SMILES string of the molecule is COC(=O)C(N)Cc1ccccc1CO.Cl. The zero-order valence-corrected chi connectivity index (χ0v) is 9.87. The molecule has 1 aromatic rings. The molecule has 0 radical (unpaired) electrons. The molecule has 16 heavy (non-hydrogen) atoms. The van der Waals surface area contributed by atoms with Gasteiger partial charge in [-0.3, -0.25) is 4.79 Å². The van der Waals surface area contributed by atoms with Gasteiger partial charge in [0, 0.05) is 0 Å². The molecule has 1 rings (SSSR count). The second-order valence-corrected chi connectivity index (χ2v) is 3.26. The molecule has 0 heterocycles. The van der Waals surface area contributed by atoms with Gasteiger partial charge in [0.25, 0.3) is 0 Å². The van der Waals surface area contributed by atoms with Crippen molar-refractivity contribution in [1.29, 1.82) is 0 Å². The van der Waals surface area contributed by atoms with Gasteiger partial charge < -0.3 is 15.6 Å². The van der Waals surface area contributed by atoms with Crippen LogP contribution in [0.15, 0.2) is 24.3 Å². The molecule has 0 aliphatic carbocycles. The summed E-state index contributed by atoms with van der Waals surface area (Å²) >= 11 is 0. The molecule has 0 bridgehead atoms. The van der Waals surface area contributed by atoms with Crippen LogP contribution in [0.3, 0.4) is 0 Å². The van der Waals surface area contributed by atoms with Crippen LogP contribution >= 0.6 is 12.4 Å². The highest BCUT2D eigenvalue weighted by atomic mass is 35.5. The minimum atomic E-state index is -0.678. The molecule has 0 saturated heterocycles. The van der Waals surface area contributed by atoms with E-state index in [2.05, 4.69) is 4.74 Å². The van der Waals surface area contributed by atoms with Gasteiger partial charge in [0.2, 0.25) is 0 Å². The Morgan fingerprint density at radius 2 is 2.00 bits per heavy atom.